The quantitative estimate of drug-likeness (QED) is 0.451. The van der Waals surface area contributed by atoms with Crippen LogP contribution in [0.5, 0.6) is 0 Å². The van der Waals surface area contributed by atoms with E-state index in [9.17, 15) is 5.26 Å². The fraction of sp³-hybridized carbons (Fsp3) is 0.320. The topological polar surface area (TPSA) is 91.3 Å². The number of nitrogen functional groups attached to an aromatic ring is 1. The number of hydrogen-bond donors (Lipinski definition) is 1. The third-order valence-electron chi connectivity index (χ3n) is 7.65. The van der Waals surface area contributed by atoms with Gasteiger partial charge in [0.2, 0.25) is 5.95 Å². The van der Waals surface area contributed by atoms with Crippen LogP contribution in [-0.2, 0) is 18.0 Å². The van der Waals surface area contributed by atoms with E-state index in [4.69, 9.17) is 10.5 Å². The summed E-state index contributed by atoms with van der Waals surface area (Å²) in [5, 5.41) is 10.9. The van der Waals surface area contributed by atoms with Gasteiger partial charge in [0.1, 0.15) is 22.4 Å². The first-order valence-corrected chi connectivity index (χ1v) is 12.2. The van der Waals surface area contributed by atoms with Gasteiger partial charge in [-0.25, -0.2) is 18.7 Å². The highest BCUT2D eigenvalue weighted by atomic mass is 32.1. The minimum Gasteiger partial charge on any atom is -0.389 e. The minimum atomic E-state index is -0.630. The average Bonchev–Trinajstić information content (AvgIpc) is 3.62. The number of hydrogen-bond acceptors (Lipinski definition) is 8. The van der Waals surface area contributed by atoms with Crippen molar-refractivity contribution in [1.29, 1.82) is 5.26 Å². The Balaban J connectivity index is 1.50. The van der Waals surface area contributed by atoms with Gasteiger partial charge >= 0.3 is 0 Å². The molecule has 2 atom stereocenters. The number of benzene rings is 2. The van der Waals surface area contributed by atoms with E-state index in [-0.39, 0.29) is 40.4 Å². The van der Waals surface area contributed by atoms with Crippen molar-refractivity contribution < 1.29 is 13.5 Å². The first-order chi connectivity index (χ1) is 17.0. The van der Waals surface area contributed by atoms with Crippen molar-refractivity contribution in [3.8, 4) is 17.2 Å². The van der Waals surface area contributed by atoms with Gasteiger partial charge in [-0.3, -0.25) is 4.90 Å². The number of anilines is 2. The van der Waals surface area contributed by atoms with Gasteiger partial charge in [0.15, 0.2) is 5.82 Å². The van der Waals surface area contributed by atoms with E-state index in [1.54, 1.807) is 12.3 Å². The van der Waals surface area contributed by atoms with Crippen LogP contribution in [0.3, 0.4) is 0 Å². The van der Waals surface area contributed by atoms with Crippen LogP contribution in [0.15, 0.2) is 18.3 Å². The molecule has 3 aliphatic rings. The maximum Gasteiger partial charge on any atom is 0.226 e. The van der Waals surface area contributed by atoms with Crippen LogP contribution < -0.4 is 10.6 Å². The van der Waals surface area contributed by atoms with Crippen LogP contribution in [0.4, 0.5) is 19.7 Å². The molecule has 7 rings (SSSR count). The minimum absolute atomic E-state index is 0.0372. The Morgan fingerprint density at radius 3 is 2.74 bits per heavy atom. The lowest BCUT2D eigenvalue weighted by atomic mass is 9.90. The molecular weight excluding hydrogens is 470 g/mol. The van der Waals surface area contributed by atoms with E-state index in [0.717, 1.165) is 25.1 Å². The Bertz CT molecular complexity index is 1610. The van der Waals surface area contributed by atoms with Gasteiger partial charge in [0.05, 0.1) is 18.8 Å². The van der Waals surface area contributed by atoms with Crippen molar-refractivity contribution in [3.63, 3.8) is 0 Å². The zero-order valence-corrected chi connectivity index (χ0v) is 19.6. The van der Waals surface area contributed by atoms with Gasteiger partial charge in [0.25, 0.3) is 0 Å². The highest BCUT2D eigenvalue weighted by Gasteiger charge is 2.42. The van der Waals surface area contributed by atoms with Gasteiger partial charge in [-0.1, -0.05) is 0 Å². The Morgan fingerprint density at radius 2 is 2.00 bits per heavy atom. The second-order valence-electron chi connectivity index (χ2n) is 9.46. The molecule has 176 valence electrons. The highest BCUT2D eigenvalue weighted by Crippen LogP contribution is 2.46. The van der Waals surface area contributed by atoms with Crippen molar-refractivity contribution in [3.05, 3.63) is 46.7 Å². The molecule has 0 spiro atoms. The van der Waals surface area contributed by atoms with E-state index in [1.807, 2.05) is 0 Å². The monoisotopic (exact) mass is 490 g/mol. The number of aromatic nitrogens is 2. The average molecular weight is 491 g/mol. The van der Waals surface area contributed by atoms with Crippen molar-refractivity contribution in [2.24, 2.45) is 0 Å². The molecule has 0 saturated carbocycles. The van der Waals surface area contributed by atoms with Gasteiger partial charge < -0.3 is 15.4 Å². The number of likely N-dealkylation sites (tertiary alicyclic amines) is 1. The molecule has 2 N–H and O–H groups in total. The molecule has 5 heterocycles. The number of fused-ring (bicyclic) bond motifs is 6. The number of halogens is 2. The lowest BCUT2D eigenvalue weighted by Crippen LogP contribution is -2.45. The SMILES string of the molecule is CN1C[C@@H]2C[C@H]1CN2c1ncc2c3c(c(-c4c(F)ccc5sc(N)c(C#N)c45)c(F)c2n1)COC3. The van der Waals surface area contributed by atoms with Crippen LogP contribution in [-0.4, -0.2) is 47.1 Å². The molecule has 4 aromatic rings. The Hall–Kier alpha value is -3.39. The molecule has 7 nitrogen and oxygen atoms in total. The van der Waals surface area contributed by atoms with Crippen LogP contribution in [0.25, 0.3) is 32.1 Å². The third-order valence-corrected chi connectivity index (χ3v) is 8.64. The number of piperazine rings is 1. The predicted octanol–water partition coefficient (Wildman–Crippen LogP) is 4.17. The molecule has 10 heteroatoms. The summed E-state index contributed by atoms with van der Waals surface area (Å²) in [5.41, 5.74) is 7.80. The maximum absolute atomic E-state index is 16.4. The molecule has 2 saturated heterocycles. The van der Waals surface area contributed by atoms with Crippen LogP contribution in [0, 0.1) is 23.0 Å². The Labute approximate surface area is 203 Å². The summed E-state index contributed by atoms with van der Waals surface area (Å²) in [4.78, 5) is 13.7. The van der Waals surface area contributed by atoms with E-state index >= 15 is 8.78 Å². The summed E-state index contributed by atoms with van der Waals surface area (Å²) in [6, 6.07) is 5.67. The largest absolute Gasteiger partial charge is 0.389 e. The molecule has 2 bridgehead atoms. The Kier molecular flexibility index (Phi) is 4.37. The molecule has 0 unspecified atom stereocenters. The number of nitrogens with zero attached hydrogens (tertiary/aromatic N) is 5. The number of likely N-dealkylation sites (N-methyl/N-ethyl adjacent to an activating group) is 1. The number of ether oxygens (including phenoxy) is 1. The first kappa shape index (κ1) is 20.9. The lowest BCUT2D eigenvalue weighted by molar-refractivity contribution is 0.135. The number of nitrogens with two attached hydrogens (primary N) is 1. The zero-order valence-electron chi connectivity index (χ0n) is 18.8. The summed E-state index contributed by atoms with van der Waals surface area (Å²) in [6.45, 7) is 2.11. The molecular formula is C25H20F2N6OS. The third kappa shape index (κ3) is 2.80. The van der Waals surface area contributed by atoms with Crippen molar-refractivity contribution >= 4 is 43.3 Å². The normalized spacial score (nSPS) is 21.4. The van der Waals surface area contributed by atoms with E-state index in [0.29, 0.717) is 39.1 Å². The first-order valence-electron chi connectivity index (χ1n) is 11.4. The molecule has 0 amide bonds. The lowest BCUT2D eigenvalue weighted by Gasteiger charge is -2.32. The van der Waals surface area contributed by atoms with Gasteiger partial charge in [-0.2, -0.15) is 5.26 Å². The molecule has 0 radical (unpaired) electrons. The number of thiophene rings is 1. The van der Waals surface area contributed by atoms with Crippen molar-refractivity contribution in [1.82, 2.24) is 14.9 Å². The fourth-order valence-corrected chi connectivity index (χ4v) is 6.88. The van der Waals surface area contributed by atoms with Crippen molar-refractivity contribution in [2.45, 2.75) is 31.7 Å². The molecule has 0 aliphatic carbocycles. The van der Waals surface area contributed by atoms with Gasteiger partial charge in [-0.05, 0) is 36.7 Å². The van der Waals surface area contributed by atoms with Crippen LogP contribution >= 0.6 is 11.3 Å². The molecule has 2 aromatic carbocycles. The van der Waals surface area contributed by atoms with E-state index in [1.165, 1.54) is 17.4 Å². The van der Waals surface area contributed by atoms with E-state index < -0.39 is 11.6 Å². The summed E-state index contributed by atoms with van der Waals surface area (Å²) < 4.78 is 38.2. The highest BCUT2D eigenvalue weighted by molar-refractivity contribution is 7.23. The summed E-state index contributed by atoms with van der Waals surface area (Å²) in [7, 11) is 2.11. The smallest absolute Gasteiger partial charge is 0.226 e. The predicted molar refractivity (Wildman–Crippen MR) is 130 cm³/mol. The van der Waals surface area contributed by atoms with Crippen LogP contribution in [0.1, 0.15) is 23.1 Å². The standard InChI is InChI=1S/C25H20F2N6OS/c1-32-7-12-4-11(32)8-33(12)25-30-6-14-15-9-34-10-16(15)20(22(27)23(14)31-25)21-17(26)2-3-18-19(21)13(5-28)24(29)35-18/h2-3,6,11-12H,4,7-10,29H2,1H3/t11-,12-/m0/s1. The summed E-state index contributed by atoms with van der Waals surface area (Å²) in [5.74, 6) is -0.763. The summed E-state index contributed by atoms with van der Waals surface area (Å²) >= 11 is 1.19. The van der Waals surface area contributed by atoms with Gasteiger partial charge in [-0.15, -0.1) is 11.3 Å². The fourth-order valence-electron chi connectivity index (χ4n) is 5.95. The van der Waals surface area contributed by atoms with Crippen molar-refractivity contribution in [2.75, 3.05) is 30.8 Å². The number of rotatable bonds is 2. The molecule has 35 heavy (non-hydrogen) atoms. The van der Waals surface area contributed by atoms with Crippen LogP contribution in [0.2, 0.25) is 0 Å². The van der Waals surface area contributed by atoms with E-state index in [2.05, 4.69) is 32.9 Å². The molecule has 3 aliphatic heterocycles. The summed E-state index contributed by atoms with van der Waals surface area (Å²) in [6.07, 6.45) is 2.70. The second kappa shape index (κ2) is 7.31. The Morgan fingerprint density at radius 1 is 1.17 bits per heavy atom. The zero-order chi connectivity index (χ0) is 24.0. The van der Waals surface area contributed by atoms with Gasteiger partial charge in [0, 0.05) is 58.0 Å². The molecule has 2 aromatic heterocycles. The molecule has 2 fully saturated rings. The number of nitriles is 1. The maximum atomic E-state index is 16.4. The second-order valence-corrected chi connectivity index (χ2v) is 10.5.